The molecule has 0 aromatic heterocycles. The number of amides is 2. The third-order valence-electron chi connectivity index (χ3n) is 5.89. The average molecular weight is 321 g/mol. The van der Waals surface area contributed by atoms with E-state index >= 15 is 0 Å². The molecule has 2 amide bonds. The molecule has 2 saturated carbocycles. The monoisotopic (exact) mass is 321 g/mol. The van der Waals surface area contributed by atoms with Crippen LogP contribution in [0.5, 0.6) is 0 Å². The van der Waals surface area contributed by atoms with Gasteiger partial charge in [0.2, 0.25) is 11.8 Å². The van der Waals surface area contributed by atoms with E-state index in [1.165, 1.54) is 11.8 Å². The number of likely N-dealkylation sites (tertiary alicyclic amines) is 1. The molecule has 6 heteroatoms. The number of carbonyl (C=O) groups excluding carboxylic acids is 2. The first-order chi connectivity index (χ1) is 10.6. The molecule has 0 aromatic rings. The Bertz CT molecular complexity index is 553. The molecular formula is C16H19NO4S. The van der Waals surface area contributed by atoms with Crippen LogP contribution in [0.25, 0.3) is 0 Å². The van der Waals surface area contributed by atoms with Gasteiger partial charge in [0.15, 0.2) is 0 Å². The third kappa shape index (κ3) is 1.76. The predicted octanol–water partition coefficient (Wildman–Crippen LogP) is 1.25. The minimum atomic E-state index is -1.07. The summed E-state index contributed by atoms with van der Waals surface area (Å²) in [6, 6.07) is -1.01. The number of hydrogen-bond donors (Lipinski definition) is 1. The molecular weight excluding hydrogens is 302 g/mol. The predicted molar refractivity (Wildman–Crippen MR) is 81.0 cm³/mol. The zero-order chi connectivity index (χ0) is 15.6. The number of carboxylic acids is 1. The number of hydrogen-bond acceptors (Lipinski definition) is 4. The van der Waals surface area contributed by atoms with Crippen molar-refractivity contribution in [1.82, 2.24) is 4.90 Å². The molecule has 0 unspecified atom stereocenters. The Morgan fingerprint density at radius 2 is 1.82 bits per heavy atom. The molecule has 1 saturated heterocycles. The maximum atomic E-state index is 12.8. The highest BCUT2D eigenvalue weighted by Crippen LogP contribution is 2.65. The number of carbonyl (C=O) groups is 3. The molecule has 1 N–H and O–H groups in total. The van der Waals surface area contributed by atoms with Crippen molar-refractivity contribution in [3.8, 4) is 0 Å². The first-order valence-corrected chi connectivity index (χ1v) is 9.22. The zero-order valence-corrected chi connectivity index (χ0v) is 13.2. The summed E-state index contributed by atoms with van der Waals surface area (Å²) in [5.41, 5.74) is 0. The van der Waals surface area contributed by atoms with E-state index in [0.717, 1.165) is 11.3 Å². The van der Waals surface area contributed by atoms with Crippen LogP contribution in [0.2, 0.25) is 0 Å². The fraction of sp³-hybridized carbons (Fsp3) is 0.688. The van der Waals surface area contributed by atoms with Crippen molar-refractivity contribution in [1.29, 1.82) is 0 Å². The van der Waals surface area contributed by atoms with Gasteiger partial charge < -0.3 is 5.11 Å². The fourth-order valence-electron chi connectivity index (χ4n) is 4.88. The van der Waals surface area contributed by atoms with E-state index in [0.29, 0.717) is 24.0 Å². The smallest absolute Gasteiger partial charge is 0.326 e. The maximum absolute atomic E-state index is 12.8. The normalized spacial score (nSPS) is 42.3. The Morgan fingerprint density at radius 3 is 2.27 bits per heavy atom. The van der Waals surface area contributed by atoms with Gasteiger partial charge in [-0.1, -0.05) is 12.2 Å². The minimum absolute atomic E-state index is 0.149. The average Bonchev–Trinajstić information content (AvgIpc) is 3.27. The van der Waals surface area contributed by atoms with Crippen LogP contribution >= 0.6 is 11.8 Å². The summed E-state index contributed by atoms with van der Waals surface area (Å²) in [5.74, 6) is -0.150. The summed E-state index contributed by atoms with van der Waals surface area (Å²) in [6.45, 7) is 0. The Morgan fingerprint density at radius 1 is 1.27 bits per heavy atom. The van der Waals surface area contributed by atoms with E-state index in [9.17, 15) is 19.5 Å². The summed E-state index contributed by atoms with van der Waals surface area (Å²) in [6.07, 6.45) is 7.54. The van der Waals surface area contributed by atoms with Gasteiger partial charge in [-0.05, 0) is 48.5 Å². The molecule has 2 bridgehead atoms. The van der Waals surface area contributed by atoms with Crippen molar-refractivity contribution in [2.24, 2.45) is 35.5 Å². The first kappa shape index (κ1) is 14.3. The largest absolute Gasteiger partial charge is 0.480 e. The van der Waals surface area contributed by atoms with Crippen molar-refractivity contribution in [3.63, 3.8) is 0 Å². The Balaban J connectivity index is 1.65. The molecule has 118 valence electrons. The van der Waals surface area contributed by atoms with Gasteiger partial charge in [0.05, 0.1) is 11.8 Å². The second-order valence-corrected chi connectivity index (χ2v) is 7.82. The van der Waals surface area contributed by atoms with Crippen LogP contribution in [0.3, 0.4) is 0 Å². The van der Waals surface area contributed by atoms with Gasteiger partial charge in [0, 0.05) is 0 Å². The van der Waals surface area contributed by atoms with E-state index in [4.69, 9.17) is 0 Å². The number of carboxylic acid groups (broad SMARTS) is 1. The van der Waals surface area contributed by atoms with Crippen molar-refractivity contribution in [3.05, 3.63) is 12.2 Å². The van der Waals surface area contributed by atoms with Crippen LogP contribution in [0.1, 0.15) is 12.8 Å². The Kier molecular flexibility index (Phi) is 3.15. The van der Waals surface area contributed by atoms with Gasteiger partial charge in [-0.15, -0.1) is 0 Å². The molecule has 1 heterocycles. The van der Waals surface area contributed by atoms with Gasteiger partial charge in [0.25, 0.3) is 0 Å². The number of rotatable bonds is 5. The highest BCUT2D eigenvalue weighted by Gasteiger charge is 2.67. The summed E-state index contributed by atoms with van der Waals surface area (Å²) in [5, 5.41) is 9.47. The second-order valence-electron chi connectivity index (χ2n) is 6.84. The van der Waals surface area contributed by atoms with Gasteiger partial charge in [-0.3, -0.25) is 14.5 Å². The van der Waals surface area contributed by atoms with Gasteiger partial charge in [0.1, 0.15) is 6.04 Å². The molecule has 5 rings (SSSR count). The van der Waals surface area contributed by atoms with Crippen LogP contribution in [-0.4, -0.2) is 45.8 Å². The highest BCUT2D eigenvalue weighted by atomic mass is 32.2. The van der Waals surface area contributed by atoms with E-state index in [2.05, 4.69) is 12.2 Å². The number of nitrogens with zero attached hydrogens (tertiary/aromatic N) is 1. The van der Waals surface area contributed by atoms with Gasteiger partial charge >= 0.3 is 5.97 Å². The summed E-state index contributed by atoms with van der Waals surface area (Å²) < 4.78 is 0. The second kappa shape index (κ2) is 4.85. The molecule has 5 nitrogen and oxygen atoms in total. The highest BCUT2D eigenvalue weighted by molar-refractivity contribution is 7.98. The van der Waals surface area contributed by atoms with Crippen molar-refractivity contribution in [2.75, 3.05) is 12.0 Å². The van der Waals surface area contributed by atoms with Crippen molar-refractivity contribution >= 4 is 29.5 Å². The summed E-state index contributed by atoms with van der Waals surface area (Å²) >= 11 is 1.53. The van der Waals surface area contributed by atoms with Crippen LogP contribution < -0.4 is 0 Å². The molecule has 0 radical (unpaired) electrons. The third-order valence-corrected chi connectivity index (χ3v) is 6.53. The van der Waals surface area contributed by atoms with Gasteiger partial charge in [-0.2, -0.15) is 11.8 Å². The summed E-state index contributed by atoms with van der Waals surface area (Å²) in [7, 11) is 0. The molecule has 7 atom stereocenters. The topological polar surface area (TPSA) is 74.7 Å². The quantitative estimate of drug-likeness (QED) is 0.609. The lowest BCUT2D eigenvalue weighted by molar-refractivity contribution is -0.155. The fourth-order valence-corrected chi connectivity index (χ4v) is 5.34. The zero-order valence-electron chi connectivity index (χ0n) is 12.3. The lowest BCUT2D eigenvalue weighted by Gasteiger charge is -2.37. The standard InChI is InChI=1S/C16H19NO4S/c1-22-5-4-11(16(20)21)17-14(18)12-7-2-3-8(10-6-9(7)10)13(12)15(17)19/h2-3,7-13H,4-6H2,1H3,(H,20,21)/t7-,8-,9-,10+,11+,12+,13+/m0/s1. The minimum Gasteiger partial charge on any atom is -0.480 e. The Labute approximate surface area is 133 Å². The first-order valence-electron chi connectivity index (χ1n) is 7.83. The van der Waals surface area contributed by atoms with Crippen LogP contribution in [-0.2, 0) is 14.4 Å². The molecule has 0 aromatic carbocycles. The lowest BCUT2D eigenvalue weighted by Crippen LogP contribution is -2.46. The number of aliphatic carboxylic acids is 1. The number of allylic oxidation sites excluding steroid dienone is 2. The number of thioether (sulfide) groups is 1. The molecule has 0 spiro atoms. The van der Waals surface area contributed by atoms with E-state index in [-0.39, 0.29) is 35.5 Å². The van der Waals surface area contributed by atoms with Crippen molar-refractivity contribution in [2.45, 2.75) is 18.9 Å². The SMILES string of the molecule is CSCC[C@H](C(=O)O)N1C(=O)[C@@H]2[C@H]3C=C[C@@H]([C@@H]4C[C@H]34)[C@H]2C1=O. The van der Waals surface area contributed by atoms with E-state index in [1.54, 1.807) is 0 Å². The van der Waals surface area contributed by atoms with Crippen LogP contribution in [0.4, 0.5) is 0 Å². The molecule has 3 fully saturated rings. The Hall–Kier alpha value is -1.30. The van der Waals surface area contributed by atoms with Crippen LogP contribution in [0, 0.1) is 35.5 Å². The van der Waals surface area contributed by atoms with E-state index in [1.807, 2.05) is 6.26 Å². The van der Waals surface area contributed by atoms with Crippen molar-refractivity contribution < 1.29 is 19.5 Å². The maximum Gasteiger partial charge on any atom is 0.326 e. The van der Waals surface area contributed by atoms with E-state index < -0.39 is 12.0 Å². The van der Waals surface area contributed by atoms with Crippen LogP contribution in [0.15, 0.2) is 12.2 Å². The molecule has 5 aliphatic rings. The van der Waals surface area contributed by atoms with Gasteiger partial charge in [-0.25, -0.2) is 4.79 Å². The summed E-state index contributed by atoms with van der Waals surface area (Å²) in [4.78, 5) is 38.3. The molecule has 1 aliphatic heterocycles. The number of imide groups is 1. The molecule has 4 aliphatic carbocycles. The lowest BCUT2D eigenvalue weighted by atomic mass is 9.63. The molecule has 22 heavy (non-hydrogen) atoms.